The maximum absolute atomic E-state index is 13.5. The van der Waals surface area contributed by atoms with Crippen molar-refractivity contribution in [2.24, 2.45) is 11.1 Å². The summed E-state index contributed by atoms with van der Waals surface area (Å²) >= 11 is 0. The molecule has 0 saturated carbocycles. The summed E-state index contributed by atoms with van der Waals surface area (Å²) in [5.74, 6) is 0.564. The van der Waals surface area contributed by atoms with Crippen LogP contribution in [0.4, 0.5) is 4.39 Å². The Hall–Kier alpha value is -4.46. The van der Waals surface area contributed by atoms with Gasteiger partial charge in [-0.1, -0.05) is 67.4 Å². The van der Waals surface area contributed by atoms with E-state index in [1.54, 1.807) is 19.1 Å². The molecule has 4 rings (SSSR count). The molecule has 1 aromatic heterocycles. The Morgan fingerprint density at radius 2 is 1.71 bits per heavy atom. The van der Waals surface area contributed by atoms with Crippen molar-refractivity contribution >= 4 is 11.7 Å². The average molecular weight is 559 g/mol. The Morgan fingerprint density at radius 3 is 2.41 bits per heavy atom. The van der Waals surface area contributed by atoms with Crippen molar-refractivity contribution in [3.8, 4) is 17.2 Å². The van der Waals surface area contributed by atoms with Gasteiger partial charge < -0.3 is 19.1 Å². The maximum Gasteiger partial charge on any atom is 0.306 e. The number of oxazole rings is 1. The van der Waals surface area contributed by atoms with Crippen molar-refractivity contribution in [3.05, 3.63) is 107 Å². The van der Waals surface area contributed by atoms with Crippen molar-refractivity contribution in [2.45, 2.75) is 59.2 Å². The molecule has 0 aliphatic rings. The van der Waals surface area contributed by atoms with Crippen molar-refractivity contribution < 1.29 is 28.3 Å². The Bertz CT molecular complexity index is 1420. The summed E-state index contributed by atoms with van der Waals surface area (Å²) in [5, 5.41) is 13.4. The van der Waals surface area contributed by atoms with Gasteiger partial charge in [-0.25, -0.2) is 9.37 Å². The van der Waals surface area contributed by atoms with Crippen LogP contribution in [0.25, 0.3) is 11.5 Å². The highest BCUT2D eigenvalue weighted by atomic mass is 19.1. The predicted octanol–water partition coefficient (Wildman–Crippen LogP) is 7.96. The highest BCUT2D eigenvalue weighted by molar-refractivity contribution is 6.00. The number of carboxylic acids is 1. The number of ether oxygens (including phenoxy) is 1. The Labute approximate surface area is 239 Å². The summed E-state index contributed by atoms with van der Waals surface area (Å²) in [6.45, 7) is 4.15. The third-order valence-corrected chi connectivity index (χ3v) is 6.77. The zero-order chi connectivity index (χ0) is 29.0. The minimum atomic E-state index is -0.769. The van der Waals surface area contributed by atoms with E-state index in [2.05, 4.69) is 10.1 Å². The summed E-state index contributed by atoms with van der Waals surface area (Å²) in [6.07, 6.45) is 3.81. The molecule has 3 aromatic carbocycles. The smallest absolute Gasteiger partial charge is 0.306 e. The molecule has 0 aliphatic heterocycles. The molecule has 1 heterocycles. The van der Waals surface area contributed by atoms with Crippen LogP contribution in [0.3, 0.4) is 0 Å². The van der Waals surface area contributed by atoms with Gasteiger partial charge >= 0.3 is 5.97 Å². The fraction of sp³-hybridized carbons (Fsp3) is 0.303. The zero-order valence-electron chi connectivity index (χ0n) is 23.4. The third kappa shape index (κ3) is 9.03. The van der Waals surface area contributed by atoms with E-state index in [1.807, 2.05) is 61.5 Å². The lowest BCUT2D eigenvalue weighted by atomic mass is 10.00. The Balaban J connectivity index is 1.29. The SMILES string of the molecule is Cc1oc(-c2ccccc2)nc1COc1ccc(CON=C(CCCCCC(C)C(=O)O)c2ccc(F)cc2)cc1. The van der Waals surface area contributed by atoms with Crippen LogP contribution in [-0.2, 0) is 22.8 Å². The van der Waals surface area contributed by atoms with Crippen LogP contribution in [-0.4, -0.2) is 21.8 Å². The molecule has 0 saturated heterocycles. The number of hydrogen-bond donors (Lipinski definition) is 1. The molecule has 0 fully saturated rings. The number of halogens is 1. The highest BCUT2D eigenvalue weighted by Gasteiger charge is 2.13. The number of unbranched alkanes of at least 4 members (excludes halogenated alkanes) is 2. The molecule has 214 valence electrons. The van der Waals surface area contributed by atoms with Gasteiger partial charge in [-0.05, 0) is 73.7 Å². The molecule has 0 radical (unpaired) electrons. The predicted molar refractivity (Wildman–Crippen MR) is 155 cm³/mol. The second kappa shape index (κ2) is 14.8. The number of aliphatic carboxylic acids is 1. The number of aromatic nitrogens is 1. The monoisotopic (exact) mass is 558 g/mol. The second-order valence-corrected chi connectivity index (χ2v) is 9.98. The number of rotatable bonds is 15. The van der Waals surface area contributed by atoms with Crippen LogP contribution in [0.15, 0.2) is 88.4 Å². The molecule has 0 spiro atoms. The van der Waals surface area contributed by atoms with E-state index in [1.165, 1.54) is 12.1 Å². The maximum atomic E-state index is 13.5. The molecule has 7 nitrogen and oxygen atoms in total. The molecule has 0 amide bonds. The first-order valence-electron chi connectivity index (χ1n) is 13.8. The fourth-order valence-electron chi connectivity index (χ4n) is 4.21. The summed E-state index contributed by atoms with van der Waals surface area (Å²) in [5.41, 5.74) is 4.12. The van der Waals surface area contributed by atoms with Gasteiger partial charge in [0.05, 0.1) is 11.6 Å². The Morgan fingerprint density at radius 1 is 0.976 bits per heavy atom. The molecular formula is C33H35FN2O5. The topological polar surface area (TPSA) is 94.2 Å². The van der Waals surface area contributed by atoms with E-state index in [0.717, 1.165) is 53.1 Å². The quantitative estimate of drug-likeness (QED) is 0.0904. The number of oxime groups is 1. The first-order chi connectivity index (χ1) is 19.9. The third-order valence-electron chi connectivity index (χ3n) is 6.77. The molecule has 1 unspecified atom stereocenters. The van der Waals surface area contributed by atoms with Gasteiger partial charge in [0.1, 0.15) is 36.2 Å². The van der Waals surface area contributed by atoms with Gasteiger partial charge in [-0.15, -0.1) is 0 Å². The number of benzene rings is 3. The largest absolute Gasteiger partial charge is 0.487 e. The van der Waals surface area contributed by atoms with Crippen molar-refractivity contribution in [1.82, 2.24) is 4.98 Å². The number of nitrogens with zero attached hydrogens (tertiary/aromatic N) is 2. The standard InChI is InChI=1S/C33H35FN2O5/c1-23(33(37)38)9-5-3-8-12-30(26-15-17-28(34)18-16-26)36-40-21-25-13-19-29(20-14-25)39-22-31-24(2)41-32(35-31)27-10-6-4-7-11-27/h4,6-7,10-11,13-20,23H,3,5,8-9,12,21-22H2,1-2H3,(H,37,38). The van der Waals surface area contributed by atoms with Gasteiger partial charge in [-0.2, -0.15) is 0 Å². The van der Waals surface area contributed by atoms with E-state index in [9.17, 15) is 9.18 Å². The number of carboxylic acid groups (broad SMARTS) is 1. The molecule has 8 heteroatoms. The lowest BCUT2D eigenvalue weighted by Crippen LogP contribution is -2.09. The summed E-state index contributed by atoms with van der Waals surface area (Å²) in [7, 11) is 0. The Kier molecular flexibility index (Phi) is 10.7. The molecule has 0 bridgehead atoms. The van der Waals surface area contributed by atoms with E-state index in [-0.39, 0.29) is 18.3 Å². The van der Waals surface area contributed by atoms with E-state index < -0.39 is 5.97 Å². The summed E-state index contributed by atoms with van der Waals surface area (Å²) < 4.78 is 25.2. The minimum Gasteiger partial charge on any atom is -0.487 e. The molecule has 0 aliphatic carbocycles. The van der Waals surface area contributed by atoms with Crippen LogP contribution in [0.1, 0.15) is 61.6 Å². The van der Waals surface area contributed by atoms with Crippen molar-refractivity contribution in [1.29, 1.82) is 0 Å². The number of aryl methyl sites for hydroxylation is 1. The normalized spacial score (nSPS) is 12.2. The first-order valence-corrected chi connectivity index (χ1v) is 13.8. The average Bonchev–Trinajstić information content (AvgIpc) is 3.36. The fourth-order valence-corrected chi connectivity index (χ4v) is 4.21. The summed E-state index contributed by atoms with van der Waals surface area (Å²) in [4.78, 5) is 21.3. The lowest BCUT2D eigenvalue weighted by Gasteiger charge is -2.09. The van der Waals surface area contributed by atoms with E-state index in [4.69, 9.17) is 19.1 Å². The van der Waals surface area contributed by atoms with Gasteiger partial charge in [0.2, 0.25) is 5.89 Å². The molecule has 41 heavy (non-hydrogen) atoms. The van der Waals surface area contributed by atoms with Gasteiger partial charge in [-0.3, -0.25) is 4.79 Å². The number of carbonyl (C=O) groups is 1. The van der Waals surface area contributed by atoms with Crippen LogP contribution in [0, 0.1) is 18.7 Å². The van der Waals surface area contributed by atoms with Gasteiger partial charge in [0.25, 0.3) is 0 Å². The second-order valence-electron chi connectivity index (χ2n) is 9.98. The van der Waals surface area contributed by atoms with E-state index >= 15 is 0 Å². The minimum absolute atomic E-state index is 0.268. The summed E-state index contributed by atoms with van der Waals surface area (Å²) in [6, 6.07) is 23.5. The van der Waals surface area contributed by atoms with Crippen LogP contribution >= 0.6 is 0 Å². The lowest BCUT2D eigenvalue weighted by molar-refractivity contribution is -0.141. The van der Waals surface area contributed by atoms with Crippen molar-refractivity contribution in [2.75, 3.05) is 0 Å². The van der Waals surface area contributed by atoms with Gasteiger partial charge in [0, 0.05) is 5.56 Å². The van der Waals surface area contributed by atoms with Crippen molar-refractivity contribution in [3.63, 3.8) is 0 Å². The highest BCUT2D eigenvalue weighted by Crippen LogP contribution is 2.23. The number of hydrogen-bond acceptors (Lipinski definition) is 6. The molecule has 1 atom stereocenters. The van der Waals surface area contributed by atoms with E-state index in [0.29, 0.717) is 31.1 Å². The first kappa shape index (κ1) is 29.5. The molecule has 4 aromatic rings. The zero-order valence-corrected chi connectivity index (χ0v) is 23.4. The van der Waals surface area contributed by atoms with Crippen LogP contribution in [0.5, 0.6) is 5.75 Å². The van der Waals surface area contributed by atoms with Crippen LogP contribution < -0.4 is 4.74 Å². The molecule has 1 N–H and O–H groups in total. The van der Waals surface area contributed by atoms with Gasteiger partial charge in [0.15, 0.2) is 0 Å². The molecular weight excluding hydrogens is 523 g/mol. The van der Waals surface area contributed by atoms with Crippen LogP contribution in [0.2, 0.25) is 0 Å².